The number of allylic oxidation sites excluding steroid dienone is 1. The van der Waals surface area contributed by atoms with Gasteiger partial charge in [0.2, 0.25) is 0 Å². The Balaban J connectivity index is 2.16. The maximum Gasteiger partial charge on any atom is 0.268 e. The molecule has 6 heteroatoms. The summed E-state index contributed by atoms with van der Waals surface area (Å²) in [5.41, 5.74) is 2.22. The highest BCUT2D eigenvalue weighted by Crippen LogP contribution is 2.28. The molecular formula is C24H19FN2O2S. The Kier molecular flexibility index (Phi) is 6.45. The minimum absolute atomic E-state index is 0.0803. The molecule has 0 radical (unpaired) electrons. The third-order valence-electron chi connectivity index (χ3n) is 4.36. The molecule has 3 aromatic rings. The number of benzene rings is 3. The maximum absolute atomic E-state index is 13.5. The molecule has 0 heterocycles. The molecule has 0 fully saturated rings. The molecule has 3 aromatic carbocycles. The summed E-state index contributed by atoms with van der Waals surface area (Å²) in [4.78, 5) is 0.0803. The van der Waals surface area contributed by atoms with Crippen LogP contribution >= 0.6 is 0 Å². The summed E-state index contributed by atoms with van der Waals surface area (Å²) in [7, 11) is -4.03. The number of sulfonamides is 1. The van der Waals surface area contributed by atoms with Crippen LogP contribution in [0.4, 0.5) is 4.39 Å². The van der Waals surface area contributed by atoms with Crippen LogP contribution in [0.15, 0.2) is 96.0 Å². The van der Waals surface area contributed by atoms with Crippen molar-refractivity contribution in [1.29, 1.82) is 5.26 Å². The highest BCUT2D eigenvalue weighted by atomic mass is 32.2. The first kappa shape index (κ1) is 21.0. The average molecular weight is 418 g/mol. The Labute approximate surface area is 175 Å². The van der Waals surface area contributed by atoms with Crippen LogP contribution in [0, 0.1) is 24.1 Å². The van der Waals surface area contributed by atoms with Gasteiger partial charge >= 0.3 is 0 Å². The van der Waals surface area contributed by atoms with E-state index in [2.05, 4.69) is 0 Å². The summed E-state index contributed by atoms with van der Waals surface area (Å²) in [6, 6.07) is 22.9. The second kappa shape index (κ2) is 9.21. The number of hydrogen-bond acceptors (Lipinski definition) is 3. The summed E-state index contributed by atoms with van der Waals surface area (Å²) in [5, 5.41) is 9.31. The van der Waals surface area contributed by atoms with Crippen LogP contribution in [0.2, 0.25) is 0 Å². The van der Waals surface area contributed by atoms with Crippen molar-refractivity contribution in [2.45, 2.75) is 11.8 Å². The van der Waals surface area contributed by atoms with Gasteiger partial charge in [-0.3, -0.25) is 0 Å². The van der Waals surface area contributed by atoms with Gasteiger partial charge in [0.15, 0.2) is 0 Å². The zero-order valence-corrected chi connectivity index (χ0v) is 17.1. The zero-order valence-electron chi connectivity index (χ0n) is 16.2. The Morgan fingerprint density at radius 1 is 0.967 bits per heavy atom. The van der Waals surface area contributed by atoms with Gasteiger partial charge in [-0.25, -0.2) is 17.1 Å². The first-order valence-electron chi connectivity index (χ1n) is 9.12. The summed E-state index contributed by atoms with van der Waals surface area (Å²) in [6.45, 7) is 1.86. The Morgan fingerprint density at radius 3 is 2.20 bits per heavy atom. The molecule has 0 aromatic heterocycles. The van der Waals surface area contributed by atoms with E-state index in [1.165, 1.54) is 42.6 Å². The van der Waals surface area contributed by atoms with Gasteiger partial charge in [0.1, 0.15) is 5.82 Å². The van der Waals surface area contributed by atoms with E-state index in [-0.39, 0.29) is 10.6 Å². The van der Waals surface area contributed by atoms with Crippen molar-refractivity contribution in [2.24, 2.45) is 0 Å². The van der Waals surface area contributed by atoms with E-state index in [0.717, 1.165) is 21.5 Å². The molecule has 30 heavy (non-hydrogen) atoms. The molecule has 0 aliphatic heterocycles. The van der Waals surface area contributed by atoms with E-state index in [4.69, 9.17) is 0 Å². The fraction of sp³-hybridized carbons (Fsp3) is 0.0417. The molecule has 4 nitrogen and oxygen atoms in total. The summed E-state index contributed by atoms with van der Waals surface area (Å²) >= 11 is 0. The maximum atomic E-state index is 13.5. The third kappa shape index (κ3) is 4.83. The minimum atomic E-state index is -4.03. The van der Waals surface area contributed by atoms with Crippen molar-refractivity contribution >= 4 is 21.8 Å². The lowest BCUT2D eigenvalue weighted by molar-refractivity contribution is 0.558. The lowest BCUT2D eigenvalue weighted by Crippen LogP contribution is -2.25. The normalized spacial score (nSPS) is 12.0. The Morgan fingerprint density at radius 2 is 1.60 bits per heavy atom. The number of nitriles is 1. The van der Waals surface area contributed by atoms with Gasteiger partial charge in [-0.15, -0.1) is 0 Å². The highest BCUT2D eigenvalue weighted by molar-refractivity contribution is 7.89. The van der Waals surface area contributed by atoms with Crippen molar-refractivity contribution in [1.82, 2.24) is 4.31 Å². The monoisotopic (exact) mass is 418 g/mol. The van der Waals surface area contributed by atoms with Gasteiger partial charge in [0.25, 0.3) is 10.0 Å². The van der Waals surface area contributed by atoms with E-state index in [9.17, 15) is 18.1 Å². The number of hydrogen-bond donors (Lipinski definition) is 0. The van der Waals surface area contributed by atoms with Crippen LogP contribution in [0.5, 0.6) is 0 Å². The first-order valence-corrected chi connectivity index (χ1v) is 10.6. The van der Waals surface area contributed by atoms with Crippen LogP contribution in [0.3, 0.4) is 0 Å². The smallest absolute Gasteiger partial charge is 0.240 e. The summed E-state index contributed by atoms with van der Waals surface area (Å²) in [6.07, 6.45) is 4.17. The molecular weight excluding hydrogens is 399 g/mol. The molecule has 0 saturated carbocycles. The molecule has 0 saturated heterocycles. The van der Waals surface area contributed by atoms with Crippen molar-refractivity contribution < 1.29 is 12.8 Å². The standard InChI is InChI=1S/C24H19FN2O2S/c1-19-7-13-23(14-8-19)30(28,29)27(18-16-20-5-3-2-4-6-20)24(15-17-26)21-9-11-22(25)12-10-21/h2-16,18H,1H3/b18-16+,24-15-. The fourth-order valence-corrected chi connectivity index (χ4v) is 4.13. The molecule has 0 N–H and O–H groups in total. The van der Waals surface area contributed by atoms with Gasteiger partial charge in [0, 0.05) is 17.8 Å². The predicted molar refractivity (Wildman–Crippen MR) is 116 cm³/mol. The number of aryl methyl sites for hydroxylation is 1. The number of halogens is 1. The topological polar surface area (TPSA) is 61.2 Å². The first-order chi connectivity index (χ1) is 14.4. The van der Waals surface area contributed by atoms with Crippen LogP contribution in [-0.4, -0.2) is 12.7 Å². The van der Waals surface area contributed by atoms with E-state index in [0.29, 0.717) is 5.56 Å². The van der Waals surface area contributed by atoms with Crippen LogP contribution in [0.1, 0.15) is 16.7 Å². The lowest BCUT2D eigenvalue weighted by Gasteiger charge is -2.23. The number of nitrogens with zero attached hydrogens (tertiary/aromatic N) is 2. The summed E-state index contributed by atoms with van der Waals surface area (Å²) < 4.78 is 41.4. The van der Waals surface area contributed by atoms with E-state index in [1.807, 2.05) is 43.3 Å². The molecule has 3 rings (SSSR count). The molecule has 0 aliphatic carbocycles. The van der Waals surface area contributed by atoms with E-state index < -0.39 is 15.8 Å². The summed E-state index contributed by atoms with van der Waals surface area (Å²) in [5.74, 6) is -0.456. The lowest BCUT2D eigenvalue weighted by atomic mass is 10.1. The molecule has 0 spiro atoms. The highest BCUT2D eigenvalue weighted by Gasteiger charge is 2.26. The Bertz CT molecular complexity index is 1210. The second-order valence-corrected chi connectivity index (χ2v) is 8.32. The van der Waals surface area contributed by atoms with E-state index in [1.54, 1.807) is 18.2 Å². The number of rotatable bonds is 6. The molecule has 0 amide bonds. The van der Waals surface area contributed by atoms with Crippen molar-refractivity contribution in [3.8, 4) is 6.07 Å². The van der Waals surface area contributed by atoms with Gasteiger partial charge in [0.05, 0.1) is 16.7 Å². The van der Waals surface area contributed by atoms with Crippen LogP contribution < -0.4 is 0 Å². The van der Waals surface area contributed by atoms with Gasteiger partial charge in [-0.05, 0) is 55.0 Å². The Hall–Kier alpha value is -3.69. The minimum Gasteiger partial charge on any atom is -0.240 e. The average Bonchev–Trinajstić information content (AvgIpc) is 2.75. The molecule has 0 aliphatic rings. The SMILES string of the molecule is Cc1ccc(S(=O)(=O)N(/C=C/c2ccccc2)/C(=C\C#N)c2ccc(F)cc2)cc1. The molecule has 0 unspecified atom stereocenters. The van der Waals surface area contributed by atoms with Crippen molar-refractivity contribution in [2.75, 3.05) is 0 Å². The van der Waals surface area contributed by atoms with E-state index >= 15 is 0 Å². The fourth-order valence-electron chi connectivity index (χ4n) is 2.79. The second-order valence-electron chi connectivity index (χ2n) is 6.51. The van der Waals surface area contributed by atoms with Crippen molar-refractivity contribution in [3.63, 3.8) is 0 Å². The predicted octanol–water partition coefficient (Wildman–Crippen LogP) is 5.36. The zero-order chi connectivity index (χ0) is 21.6. The van der Waals surface area contributed by atoms with Crippen molar-refractivity contribution in [3.05, 3.63) is 114 Å². The van der Waals surface area contributed by atoms with Gasteiger partial charge < -0.3 is 0 Å². The molecule has 0 bridgehead atoms. The molecule has 0 atom stereocenters. The van der Waals surface area contributed by atoms with Gasteiger partial charge in [-0.2, -0.15) is 5.26 Å². The van der Waals surface area contributed by atoms with Crippen LogP contribution in [-0.2, 0) is 10.0 Å². The third-order valence-corrected chi connectivity index (χ3v) is 6.06. The molecule has 150 valence electrons. The largest absolute Gasteiger partial charge is 0.268 e. The van der Waals surface area contributed by atoms with Gasteiger partial charge in [-0.1, -0.05) is 48.0 Å². The van der Waals surface area contributed by atoms with Crippen LogP contribution in [0.25, 0.3) is 11.8 Å². The quantitative estimate of drug-likeness (QED) is 0.506.